The summed E-state index contributed by atoms with van der Waals surface area (Å²) in [5.41, 5.74) is 10.8. The van der Waals surface area contributed by atoms with E-state index in [0.29, 0.717) is 5.92 Å². The van der Waals surface area contributed by atoms with Crippen molar-refractivity contribution in [2.45, 2.75) is 105 Å². The molecular formula is C34H50. The van der Waals surface area contributed by atoms with Crippen molar-refractivity contribution in [1.29, 1.82) is 0 Å². The predicted octanol–water partition coefficient (Wildman–Crippen LogP) is 10.6. The van der Waals surface area contributed by atoms with Crippen molar-refractivity contribution < 1.29 is 0 Å². The molecular weight excluding hydrogens is 408 g/mol. The van der Waals surface area contributed by atoms with Crippen LogP contribution < -0.4 is 0 Å². The fourth-order valence-corrected chi connectivity index (χ4v) is 6.21. The molecule has 0 spiro atoms. The summed E-state index contributed by atoms with van der Waals surface area (Å²) in [6.07, 6.45) is 21.2. The second-order valence-electron chi connectivity index (χ2n) is 11.7. The summed E-state index contributed by atoms with van der Waals surface area (Å²) in [6, 6.07) is 0. The van der Waals surface area contributed by atoms with Gasteiger partial charge in [0, 0.05) is 5.92 Å². The van der Waals surface area contributed by atoms with Crippen molar-refractivity contribution in [3.8, 4) is 0 Å². The quantitative estimate of drug-likeness (QED) is 0.238. The lowest BCUT2D eigenvalue weighted by Gasteiger charge is -2.29. The molecule has 1 saturated carbocycles. The van der Waals surface area contributed by atoms with Crippen LogP contribution in [0.5, 0.6) is 0 Å². The minimum atomic E-state index is 0.410. The molecule has 0 bridgehead atoms. The van der Waals surface area contributed by atoms with Gasteiger partial charge in [-0.25, -0.2) is 0 Å². The van der Waals surface area contributed by atoms with E-state index >= 15 is 0 Å². The van der Waals surface area contributed by atoms with E-state index in [2.05, 4.69) is 72.6 Å². The van der Waals surface area contributed by atoms with Crippen LogP contribution >= 0.6 is 0 Å². The van der Waals surface area contributed by atoms with Crippen LogP contribution in [0.3, 0.4) is 0 Å². The maximum Gasteiger partial charge on any atom is 0.00453 e. The van der Waals surface area contributed by atoms with Gasteiger partial charge in [-0.3, -0.25) is 0 Å². The van der Waals surface area contributed by atoms with Gasteiger partial charge < -0.3 is 0 Å². The SMILES string of the molecule is C=C(C(=C)[C@H](CCC1CCC(C)CC1)/C(C)=C/C)C1=C/C(=C/C2=C(C)CC[C@H](CC)C2)C(=C)C1. The van der Waals surface area contributed by atoms with Crippen LogP contribution in [0.15, 0.2) is 82.5 Å². The van der Waals surface area contributed by atoms with Crippen molar-refractivity contribution in [2.75, 3.05) is 0 Å². The molecule has 3 rings (SSSR count). The lowest BCUT2D eigenvalue weighted by atomic mass is 9.76. The molecule has 0 heteroatoms. The third kappa shape index (κ3) is 6.65. The van der Waals surface area contributed by atoms with Gasteiger partial charge >= 0.3 is 0 Å². The molecule has 3 aliphatic rings. The van der Waals surface area contributed by atoms with Gasteiger partial charge in [-0.15, -0.1) is 0 Å². The minimum Gasteiger partial charge on any atom is -0.0949 e. The van der Waals surface area contributed by atoms with E-state index in [1.165, 1.54) is 92.1 Å². The highest BCUT2D eigenvalue weighted by atomic mass is 14.3. The van der Waals surface area contributed by atoms with Crippen LogP contribution in [-0.2, 0) is 0 Å². The Bertz CT molecular complexity index is 904. The van der Waals surface area contributed by atoms with Gasteiger partial charge in [0.1, 0.15) is 0 Å². The van der Waals surface area contributed by atoms with Gasteiger partial charge in [-0.05, 0) is 110 Å². The van der Waals surface area contributed by atoms with Crippen molar-refractivity contribution in [3.05, 3.63) is 82.5 Å². The topological polar surface area (TPSA) is 0 Å². The first-order valence-electron chi connectivity index (χ1n) is 14.0. The van der Waals surface area contributed by atoms with E-state index in [1.807, 2.05) is 0 Å². The zero-order valence-corrected chi connectivity index (χ0v) is 22.9. The molecule has 0 aromatic rings. The van der Waals surface area contributed by atoms with Crippen LogP contribution in [0.25, 0.3) is 0 Å². The second-order valence-corrected chi connectivity index (χ2v) is 11.7. The molecule has 0 aliphatic heterocycles. The highest BCUT2D eigenvalue weighted by Crippen LogP contribution is 2.41. The van der Waals surface area contributed by atoms with E-state index in [0.717, 1.165) is 29.7 Å². The average Bonchev–Trinajstić information content (AvgIpc) is 3.20. The zero-order chi connectivity index (χ0) is 24.8. The molecule has 34 heavy (non-hydrogen) atoms. The Kier molecular flexibility index (Phi) is 9.64. The first-order chi connectivity index (χ1) is 16.2. The first kappa shape index (κ1) is 26.8. The van der Waals surface area contributed by atoms with Crippen LogP contribution in [0.1, 0.15) is 105 Å². The lowest BCUT2D eigenvalue weighted by molar-refractivity contribution is 0.268. The van der Waals surface area contributed by atoms with Gasteiger partial charge in [0.15, 0.2) is 0 Å². The molecule has 0 nitrogen and oxygen atoms in total. The molecule has 3 aliphatic carbocycles. The van der Waals surface area contributed by atoms with Gasteiger partial charge in [0.05, 0.1) is 0 Å². The third-order valence-corrected chi connectivity index (χ3v) is 9.23. The van der Waals surface area contributed by atoms with Crippen LogP contribution in [-0.4, -0.2) is 0 Å². The number of allylic oxidation sites excluding steroid dienone is 11. The average molecular weight is 459 g/mol. The number of hydrogen-bond acceptors (Lipinski definition) is 0. The zero-order valence-electron chi connectivity index (χ0n) is 22.9. The number of rotatable bonds is 9. The molecule has 1 fully saturated rings. The normalized spacial score (nSPS) is 28.3. The fourth-order valence-electron chi connectivity index (χ4n) is 6.21. The van der Waals surface area contributed by atoms with Gasteiger partial charge in [-0.1, -0.05) is 95.1 Å². The summed E-state index contributed by atoms with van der Waals surface area (Å²) in [5.74, 6) is 3.06. The van der Waals surface area contributed by atoms with Crippen molar-refractivity contribution >= 4 is 0 Å². The summed E-state index contributed by atoms with van der Waals surface area (Å²) >= 11 is 0. The summed E-state index contributed by atoms with van der Waals surface area (Å²) in [4.78, 5) is 0. The van der Waals surface area contributed by atoms with Gasteiger partial charge in [0.25, 0.3) is 0 Å². The molecule has 0 saturated heterocycles. The Morgan fingerprint density at radius 2 is 1.82 bits per heavy atom. The Morgan fingerprint density at radius 1 is 1.12 bits per heavy atom. The standard InChI is InChI=1S/C34H50/c1-9-24(4)34(18-17-30-14-11-23(3)12-15-30)28(8)27(7)33-19-26(6)32(22-33)21-31-20-29(10-2)16-13-25(31)5/h9,21-23,29-30,34H,6-8,10-20H2,1-5H3/b24-9+,32-21-/t23?,29-,30?,34+/m0/s1. The Hall–Kier alpha value is -1.82. The molecule has 0 N–H and O–H groups in total. The maximum absolute atomic E-state index is 4.60. The van der Waals surface area contributed by atoms with Crippen molar-refractivity contribution in [1.82, 2.24) is 0 Å². The van der Waals surface area contributed by atoms with Crippen LogP contribution in [0.4, 0.5) is 0 Å². The molecule has 2 atom stereocenters. The Labute approximate surface area is 211 Å². The van der Waals surface area contributed by atoms with E-state index in [4.69, 9.17) is 0 Å². The van der Waals surface area contributed by atoms with Crippen LogP contribution in [0, 0.1) is 23.7 Å². The maximum atomic E-state index is 4.60. The predicted molar refractivity (Wildman–Crippen MR) is 152 cm³/mol. The van der Waals surface area contributed by atoms with Crippen molar-refractivity contribution in [3.63, 3.8) is 0 Å². The summed E-state index contributed by atoms with van der Waals surface area (Å²) in [6.45, 7) is 25.1. The van der Waals surface area contributed by atoms with Gasteiger partial charge in [-0.2, -0.15) is 0 Å². The van der Waals surface area contributed by atoms with Crippen LogP contribution in [0.2, 0.25) is 0 Å². The third-order valence-electron chi connectivity index (χ3n) is 9.23. The molecule has 0 heterocycles. The highest BCUT2D eigenvalue weighted by Gasteiger charge is 2.25. The largest absolute Gasteiger partial charge is 0.0949 e. The lowest BCUT2D eigenvalue weighted by Crippen LogP contribution is -2.15. The Balaban J connectivity index is 1.72. The highest BCUT2D eigenvalue weighted by molar-refractivity contribution is 5.60. The molecule has 0 amide bonds. The number of hydrogen-bond donors (Lipinski definition) is 0. The molecule has 0 aromatic heterocycles. The van der Waals surface area contributed by atoms with E-state index in [9.17, 15) is 0 Å². The smallest absolute Gasteiger partial charge is 0.00453 e. The van der Waals surface area contributed by atoms with E-state index < -0.39 is 0 Å². The fraction of sp³-hybridized carbons (Fsp3) is 0.588. The summed E-state index contributed by atoms with van der Waals surface area (Å²) in [7, 11) is 0. The molecule has 0 radical (unpaired) electrons. The summed E-state index contributed by atoms with van der Waals surface area (Å²) < 4.78 is 0. The molecule has 0 unspecified atom stereocenters. The Morgan fingerprint density at radius 3 is 2.47 bits per heavy atom. The minimum absolute atomic E-state index is 0.410. The molecule has 186 valence electrons. The van der Waals surface area contributed by atoms with Crippen molar-refractivity contribution in [2.24, 2.45) is 23.7 Å². The molecule has 0 aromatic carbocycles. The van der Waals surface area contributed by atoms with E-state index in [1.54, 1.807) is 11.1 Å². The monoisotopic (exact) mass is 458 g/mol. The first-order valence-corrected chi connectivity index (χ1v) is 14.0. The van der Waals surface area contributed by atoms with E-state index in [-0.39, 0.29) is 0 Å². The second kappa shape index (κ2) is 12.2. The van der Waals surface area contributed by atoms with Gasteiger partial charge in [0.2, 0.25) is 0 Å². The summed E-state index contributed by atoms with van der Waals surface area (Å²) in [5, 5.41) is 0.